The summed E-state index contributed by atoms with van der Waals surface area (Å²) in [7, 11) is 0. The van der Waals surface area contributed by atoms with E-state index in [9.17, 15) is 0 Å². The monoisotopic (exact) mass is 176 g/mol. The Balaban J connectivity index is 3.46. The zero-order chi connectivity index (χ0) is 8.59. The molecular formula is C5H4BrNO. The molecule has 0 bridgehead atoms. The molecule has 0 aromatic carbocycles. The van der Waals surface area contributed by atoms with Crippen LogP contribution in [0.15, 0.2) is 22.9 Å². The first-order valence-corrected chi connectivity index (χ1v) is 2.65. The molecule has 0 radical (unpaired) electrons. The van der Waals surface area contributed by atoms with Crippen LogP contribution >= 0.6 is 15.9 Å². The van der Waals surface area contributed by atoms with E-state index in [0.717, 1.165) is 0 Å². The van der Waals surface area contributed by atoms with E-state index < -0.39 is 11.9 Å². The van der Waals surface area contributed by atoms with Gasteiger partial charge in [0, 0.05) is 6.17 Å². The smallest absolute Gasteiger partial charge is 0.148 e. The van der Waals surface area contributed by atoms with Crippen molar-refractivity contribution < 1.29 is 9.22 Å². The number of halogens is 1. The Morgan fingerprint density at radius 2 is 2.62 bits per heavy atom. The van der Waals surface area contributed by atoms with Crippen molar-refractivity contribution in [3.8, 4) is 5.75 Å². The Morgan fingerprint density at radius 1 is 1.88 bits per heavy atom. The molecule has 0 aliphatic carbocycles. The molecule has 8 heavy (non-hydrogen) atoms. The van der Waals surface area contributed by atoms with Crippen LogP contribution < -0.4 is 0 Å². The van der Waals surface area contributed by atoms with Gasteiger partial charge in [-0.15, -0.1) is 0 Å². The topological polar surface area (TPSA) is 33.1 Å². The van der Waals surface area contributed by atoms with E-state index >= 15 is 0 Å². The first kappa shape index (κ1) is 2.82. The third-order valence-electron chi connectivity index (χ3n) is 0.591. The number of rotatable bonds is 0. The number of aromatic nitrogens is 1. The van der Waals surface area contributed by atoms with Crippen LogP contribution in [-0.2, 0) is 0 Å². The van der Waals surface area contributed by atoms with Crippen molar-refractivity contribution in [2.24, 2.45) is 0 Å². The summed E-state index contributed by atoms with van der Waals surface area (Å²) in [5, 5.41) is 9.01. The van der Waals surface area contributed by atoms with Gasteiger partial charge in [0.15, 0.2) is 0 Å². The SMILES string of the molecule is [2H]c1nc([2H])c(O)c(Br)c1[2H]. The molecule has 0 amide bonds. The maximum atomic E-state index is 9.01. The summed E-state index contributed by atoms with van der Waals surface area (Å²) in [6.07, 6.45) is -0.711. The lowest BCUT2D eigenvalue weighted by Gasteiger charge is -1.89. The van der Waals surface area contributed by atoms with Gasteiger partial charge in [-0.1, -0.05) is 0 Å². The van der Waals surface area contributed by atoms with Crippen molar-refractivity contribution in [3.05, 3.63) is 22.9 Å². The Morgan fingerprint density at radius 3 is 3.38 bits per heavy atom. The summed E-state index contributed by atoms with van der Waals surface area (Å²) in [4.78, 5) is 3.30. The summed E-state index contributed by atoms with van der Waals surface area (Å²) in [6.45, 7) is 0. The summed E-state index contributed by atoms with van der Waals surface area (Å²) in [5.74, 6) is -0.397. The van der Waals surface area contributed by atoms with E-state index in [2.05, 4.69) is 20.9 Å². The predicted octanol–water partition coefficient (Wildman–Crippen LogP) is 1.55. The van der Waals surface area contributed by atoms with Gasteiger partial charge in [-0.25, -0.2) is 0 Å². The van der Waals surface area contributed by atoms with E-state index in [-0.39, 0.29) is 16.7 Å². The second-order valence-electron chi connectivity index (χ2n) is 1.12. The highest BCUT2D eigenvalue weighted by atomic mass is 79.9. The van der Waals surface area contributed by atoms with Gasteiger partial charge in [0.2, 0.25) is 0 Å². The van der Waals surface area contributed by atoms with Crippen LogP contribution in [-0.4, -0.2) is 10.1 Å². The highest BCUT2D eigenvalue weighted by Gasteiger charge is 1.90. The maximum absolute atomic E-state index is 9.01. The van der Waals surface area contributed by atoms with E-state index in [0.29, 0.717) is 0 Å². The molecule has 0 aliphatic rings. The molecule has 0 unspecified atom stereocenters. The van der Waals surface area contributed by atoms with Crippen molar-refractivity contribution in [1.82, 2.24) is 4.98 Å². The zero-order valence-electron chi connectivity index (χ0n) is 6.77. The molecule has 0 spiro atoms. The van der Waals surface area contributed by atoms with Crippen molar-refractivity contribution in [1.29, 1.82) is 0 Å². The molecule has 0 fully saturated rings. The third kappa shape index (κ3) is 0.980. The molecule has 0 atom stereocenters. The number of hydrogen-bond donors (Lipinski definition) is 1. The van der Waals surface area contributed by atoms with Crippen molar-refractivity contribution >= 4 is 15.9 Å². The van der Waals surface area contributed by atoms with Crippen molar-refractivity contribution in [2.45, 2.75) is 0 Å². The maximum Gasteiger partial charge on any atom is 0.148 e. The predicted molar refractivity (Wildman–Crippen MR) is 33.6 cm³/mol. The average Bonchev–Trinajstić information content (AvgIpc) is 1.97. The van der Waals surface area contributed by atoms with Gasteiger partial charge in [-0.2, -0.15) is 0 Å². The van der Waals surface area contributed by atoms with Crippen LogP contribution in [0, 0.1) is 0 Å². The first-order valence-electron chi connectivity index (χ1n) is 3.36. The lowest BCUT2D eigenvalue weighted by atomic mass is 10.5. The molecule has 0 saturated carbocycles. The van der Waals surface area contributed by atoms with Gasteiger partial charge < -0.3 is 5.11 Å². The minimum atomic E-state index is -0.397. The second kappa shape index (κ2) is 2.13. The fraction of sp³-hybridized carbons (Fsp3) is 0. The fourth-order valence-corrected chi connectivity index (χ4v) is 0.444. The number of pyridine rings is 1. The standard InChI is InChI=1S/C5H4BrNO/c6-4-1-2-7-3-5(4)8/h1-3,8H/i1D,2D,3D. The van der Waals surface area contributed by atoms with E-state index in [1.165, 1.54) is 0 Å². The van der Waals surface area contributed by atoms with Gasteiger partial charge in [0.1, 0.15) is 5.75 Å². The lowest BCUT2D eigenvalue weighted by molar-refractivity contribution is 0.469. The largest absolute Gasteiger partial charge is 0.505 e. The normalized spacial score (nSPS) is 14.4. The Hall–Kier alpha value is -0.570. The van der Waals surface area contributed by atoms with Crippen LogP contribution in [0.5, 0.6) is 5.75 Å². The third-order valence-corrected chi connectivity index (χ3v) is 1.17. The molecule has 1 aromatic rings. The molecular weight excluding hydrogens is 170 g/mol. The van der Waals surface area contributed by atoms with Crippen LogP contribution in [0.3, 0.4) is 0 Å². The van der Waals surface area contributed by atoms with Gasteiger partial charge in [0.25, 0.3) is 0 Å². The van der Waals surface area contributed by atoms with Crippen molar-refractivity contribution in [2.75, 3.05) is 0 Å². The molecule has 1 N–H and O–H groups in total. The number of aromatic hydroxyl groups is 1. The highest BCUT2D eigenvalue weighted by molar-refractivity contribution is 9.10. The molecule has 2 nitrogen and oxygen atoms in total. The molecule has 0 aliphatic heterocycles. The number of nitrogens with zero attached hydrogens (tertiary/aromatic N) is 1. The lowest BCUT2D eigenvalue weighted by Crippen LogP contribution is -1.69. The second-order valence-corrected chi connectivity index (χ2v) is 1.92. The Bertz CT molecular complexity index is 278. The zero-order valence-corrected chi connectivity index (χ0v) is 5.36. The van der Waals surface area contributed by atoms with Crippen LogP contribution in [0.4, 0.5) is 0 Å². The molecule has 1 heterocycles. The minimum Gasteiger partial charge on any atom is -0.505 e. The highest BCUT2D eigenvalue weighted by Crippen LogP contribution is 2.19. The molecule has 3 heteroatoms. The van der Waals surface area contributed by atoms with Crippen molar-refractivity contribution in [3.63, 3.8) is 0 Å². The summed E-state index contributed by atoms with van der Waals surface area (Å²) >= 11 is 2.86. The van der Waals surface area contributed by atoms with Crippen LogP contribution in [0.1, 0.15) is 4.11 Å². The minimum absolute atomic E-state index is 0.0440. The van der Waals surface area contributed by atoms with E-state index in [1.807, 2.05) is 0 Å². The van der Waals surface area contributed by atoms with Gasteiger partial charge >= 0.3 is 0 Å². The molecule has 1 aromatic heterocycles. The fourth-order valence-electron chi connectivity index (χ4n) is 0.266. The van der Waals surface area contributed by atoms with Crippen LogP contribution in [0.25, 0.3) is 0 Å². The first-order chi connectivity index (χ1) is 5.04. The van der Waals surface area contributed by atoms with Gasteiger partial charge in [-0.3, -0.25) is 4.98 Å². The van der Waals surface area contributed by atoms with Gasteiger partial charge in [0.05, 0.1) is 14.8 Å². The molecule has 42 valence electrons. The van der Waals surface area contributed by atoms with Crippen LogP contribution in [0.2, 0.25) is 0 Å². The molecule has 1 rings (SSSR count). The quantitative estimate of drug-likeness (QED) is 0.652. The Kier molecular flexibility index (Phi) is 0.753. The van der Waals surface area contributed by atoms with Gasteiger partial charge in [-0.05, 0) is 22.0 Å². The average molecular weight is 177 g/mol. The summed E-state index contributed by atoms with van der Waals surface area (Å²) < 4.78 is 21.2. The Labute approximate surface area is 59.5 Å². The summed E-state index contributed by atoms with van der Waals surface area (Å²) in [5.41, 5.74) is 0. The van der Waals surface area contributed by atoms with E-state index in [1.54, 1.807) is 0 Å². The molecule has 0 saturated heterocycles. The summed E-state index contributed by atoms with van der Waals surface area (Å²) in [6, 6.07) is -0.210. The van der Waals surface area contributed by atoms with E-state index in [4.69, 9.17) is 9.22 Å². The number of hydrogen-bond acceptors (Lipinski definition) is 2.